The first kappa shape index (κ1) is 13.9. The molecule has 0 aromatic carbocycles. The summed E-state index contributed by atoms with van der Waals surface area (Å²) in [5.74, 6) is -2.18. The number of hydrogen-bond donors (Lipinski definition) is 2. The van der Waals surface area contributed by atoms with E-state index in [9.17, 15) is 30.9 Å². The smallest absolute Gasteiger partial charge is 0.307 e. The predicted octanol–water partition coefficient (Wildman–Crippen LogP) is 2.60. The third kappa shape index (κ3) is 3.67. The van der Waals surface area contributed by atoms with Gasteiger partial charge < -0.3 is 9.11 Å². The maximum atomic E-state index is 12.9. The Morgan fingerprint density at radius 1 is 1.25 bits per heavy atom. The van der Waals surface area contributed by atoms with Crippen LogP contribution in [0.3, 0.4) is 0 Å². The van der Waals surface area contributed by atoms with Gasteiger partial charge in [0.25, 0.3) is 0 Å². The van der Waals surface area contributed by atoms with E-state index < -0.39 is 39.4 Å². The van der Waals surface area contributed by atoms with Crippen molar-refractivity contribution in [1.82, 2.24) is 0 Å². The molecule has 16 heavy (non-hydrogen) atoms. The molecule has 1 saturated carbocycles. The Kier molecular flexibility index (Phi) is 3.39. The van der Waals surface area contributed by atoms with Gasteiger partial charge in [-0.25, -0.2) is 8.60 Å². The van der Waals surface area contributed by atoms with Crippen LogP contribution in [0, 0.1) is 0 Å². The Morgan fingerprint density at radius 2 is 1.81 bits per heavy atom. The predicted molar refractivity (Wildman–Crippen MR) is 51.5 cm³/mol. The minimum Gasteiger partial charge on any atom is -0.307 e. The van der Waals surface area contributed by atoms with Crippen LogP contribution in [0.15, 0.2) is 0 Å². The highest BCUT2D eigenvalue weighted by molar-refractivity contribution is 8.10. The molecule has 2 N–H and O–H groups in total. The second kappa shape index (κ2) is 3.92. The Bertz CT molecular complexity index is 322. The molecule has 0 bridgehead atoms. The topological polar surface area (TPSA) is 57.5 Å². The molecule has 2 unspecified atom stereocenters. The summed E-state index contributed by atoms with van der Waals surface area (Å²) in [6.07, 6.45) is -6.56. The highest BCUT2D eigenvalue weighted by atomic mass is 32.3. The summed E-state index contributed by atoms with van der Waals surface area (Å²) in [6.45, 7) is 0. The molecule has 1 aliphatic carbocycles. The highest BCUT2D eigenvalue weighted by Gasteiger charge is 2.50. The van der Waals surface area contributed by atoms with E-state index in [2.05, 4.69) is 0 Å². The van der Waals surface area contributed by atoms with Crippen molar-refractivity contribution in [3.05, 3.63) is 0 Å². The SMILES string of the molecule is O=S(O)(O)(CC(F)(F)F)C1CCCC(F)C1. The van der Waals surface area contributed by atoms with Crippen LogP contribution in [0.25, 0.3) is 0 Å². The van der Waals surface area contributed by atoms with Crippen LogP contribution in [0.2, 0.25) is 0 Å². The highest BCUT2D eigenvalue weighted by Crippen LogP contribution is 2.39. The Labute approximate surface area is 90.3 Å². The van der Waals surface area contributed by atoms with Crippen LogP contribution in [-0.4, -0.2) is 36.7 Å². The lowest BCUT2D eigenvalue weighted by atomic mass is 9.98. The van der Waals surface area contributed by atoms with Crippen LogP contribution in [0.5, 0.6) is 0 Å². The van der Waals surface area contributed by atoms with Crippen molar-refractivity contribution in [2.75, 3.05) is 5.75 Å². The third-order valence-corrected chi connectivity index (χ3v) is 5.31. The van der Waals surface area contributed by atoms with Gasteiger partial charge in [-0.2, -0.15) is 13.2 Å². The van der Waals surface area contributed by atoms with E-state index >= 15 is 0 Å². The number of rotatable bonds is 2. The molecular formula is C8H14F4O3S. The zero-order valence-corrected chi connectivity index (χ0v) is 9.23. The lowest BCUT2D eigenvalue weighted by molar-refractivity contribution is -0.109. The molecular weight excluding hydrogens is 252 g/mol. The molecule has 0 spiro atoms. The van der Waals surface area contributed by atoms with E-state index in [1.165, 1.54) is 0 Å². The van der Waals surface area contributed by atoms with Crippen molar-refractivity contribution in [2.45, 2.75) is 43.3 Å². The third-order valence-electron chi connectivity index (χ3n) is 2.67. The van der Waals surface area contributed by atoms with Gasteiger partial charge >= 0.3 is 6.18 Å². The van der Waals surface area contributed by atoms with Crippen molar-refractivity contribution < 1.29 is 30.9 Å². The molecule has 0 aromatic heterocycles. The lowest BCUT2D eigenvalue weighted by Crippen LogP contribution is -2.52. The quantitative estimate of drug-likeness (QED) is 0.755. The Balaban J connectivity index is 2.85. The minimum atomic E-state index is -5.81. The normalized spacial score (nSPS) is 30.8. The van der Waals surface area contributed by atoms with Crippen molar-refractivity contribution in [2.24, 2.45) is 0 Å². The van der Waals surface area contributed by atoms with Crippen molar-refractivity contribution in [1.29, 1.82) is 0 Å². The maximum Gasteiger partial charge on any atom is 0.402 e. The maximum absolute atomic E-state index is 12.9. The molecule has 2 atom stereocenters. The van der Waals surface area contributed by atoms with Gasteiger partial charge in [-0.1, -0.05) is 0 Å². The standard InChI is InChI=1S/C8H14F4O3S/c9-6-2-1-3-7(4-6)16(13,14,15)5-8(10,11)12/h6-7H,1-5H2,(H2,13,14,15). The van der Waals surface area contributed by atoms with E-state index in [1.807, 2.05) is 0 Å². The van der Waals surface area contributed by atoms with Crippen LogP contribution < -0.4 is 0 Å². The second-order valence-electron chi connectivity index (χ2n) is 4.23. The van der Waals surface area contributed by atoms with Gasteiger partial charge in [0, 0.05) is 0 Å². The number of hydrogen-bond acceptors (Lipinski definition) is 1. The molecule has 1 fully saturated rings. The molecule has 0 aliphatic heterocycles. The van der Waals surface area contributed by atoms with Gasteiger partial charge in [0.15, 0.2) is 0 Å². The molecule has 1 rings (SSSR count). The van der Waals surface area contributed by atoms with E-state index in [0.717, 1.165) is 0 Å². The summed E-state index contributed by atoms with van der Waals surface area (Å²) in [7, 11) is -5.81. The summed E-state index contributed by atoms with van der Waals surface area (Å²) in [6, 6.07) is 0. The summed E-state index contributed by atoms with van der Waals surface area (Å²) >= 11 is 0. The van der Waals surface area contributed by atoms with Gasteiger partial charge in [0.05, 0.1) is 14.9 Å². The van der Waals surface area contributed by atoms with Gasteiger partial charge in [-0.15, -0.1) is 0 Å². The molecule has 8 heteroatoms. The van der Waals surface area contributed by atoms with Crippen LogP contribution in [0.1, 0.15) is 25.7 Å². The van der Waals surface area contributed by atoms with Crippen molar-refractivity contribution in [3.8, 4) is 0 Å². The molecule has 0 saturated heterocycles. The molecule has 98 valence electrons. The lowest BCUT2D eigenvalue weighted by Gasteiger charge is -2.41. The molecule has 3 nitrogen and oxygen atoms in total. The minimum absolute atomic E-state index is 0.0606. The Morgan fingerprint density at radius 3 is 2.25 bits per heavy atom. The van der Waals surface area contributed by atoms with Crippen LogP contribution in [-0.2, 0) is 9.63 Å². The van der Waals surface area contributed by atoms with Crippen LogP contribution >= 0.6 is 0 Å². The van der Waals surface area contributed by atoms with E-state index in [4.69, 9.17) is 0 Å². The van der Waals surface area contributed by atoms with E-state index in [1.54, 1.807) is 0 Å². The summed E-state index contributed by atoms with van der Waals surface area (Å²) in [4.78, 5) is 0. The fourth-order valence-corrected chi connectivity index (χ4v) is 4.03. The summed E-state index contributed by atoms with van der Waals surface area (Å²) in [5.41, 5.74) is 0. The largest absolute Gasteiger partial charge is 0.402 e. The number of halogens is 4. The van der Waals surface area contributed by atoms with E-state index in [0.29, 0.717) is 0 Å². The van der Waals surface area contributed by atoms with Crippen LogP contribution in [0.4, 0.5) is 17.6 Å². The second-order valence-corrected chi connectivity index (χ2v) is 7.34. The zero-order valence-electron chi connectivity index (χ0n) is 8.41. The fraction of sp³-hybridized carbons (Fsp3) is 1.00. The first-order valence-electron chi connectivity index (χ1n) is 4.83. The van der Waals surface area contributed by atoms with Gasteiger partial charge in [-0.05, 0) is 25.7 Å². The zero-order chi connectivity index (χ0) is 12.6. The van der Waals surface area contributed by atoms with Gasteiger partial charge in [-0.3, -0.25) is 0 Å². The summed E-state index contributed by atoms with van der Waals surface area (Å²) in [5, 5.41) is -1.53. The molecule has 0 amide bonds. The fourth-order valence-electron chi connectivity index (χ4n) is 1.94. The molecule has 0 radical (unpaired) electrons. The number of alkyl halides is 4. The van der Waals surface area contributed by atoms with E-state index in [-0.39, 0.29) is 19.3 Å². The first-order valence-corrected chi connectivity index (χ1v) is 6.94. The molecule has 0 aromatic rings. The average molecular weight is 266 g/mol. The van der Waals surface area contributed by atoms with Gasteiger partial charge in [0.1, 0.15) is 11.9 Å². The van der Waals surface area contributed by atoms with Crippen molar-refractivity contribution in [3.63, 3.8) is 0 Å². The Hall–Kier alpha value is -0.210. The summed E-state index contributed by atoms with van der Waals surface area (Å²) < 4.78 is 79.2. The molecule has 1 aliphatic rings. The average Bonchev–Trinajstić information content (AvgIpc) is 1.98. The first-order chi connectivity index (χ1) is 6.98. The molecule has 0 heterocycles. The van der Waals surface area contributed by atoms with Crippen molar-refractivity contribution >= 4 is 9.63 Å². The monoisotopic (exact) mass is 266 g/mol. The van der Waals surface area contributed by atoms with Gasteiger partial charge in [0.2, 0.25) is 0 Å².